The number of nitriles is 2. The van der Waals surface area contributed by atoms with Crippen molar-refractivity contribution in [3.05, 3.63) is 34.9 Å². The van der Waals surface area contributed by atoms with Gasteiger partial charge < -0.3 is 0 Å². The zero-order valence-electron chi connectivity index (χ0n) is 12.5. The van der Waals surface area contributed by atoms with Crippen molar-refractivity contribution in [3.63, 3.8) is 0 Å². The van der Waals surface area contributed by atoms with Crippen LogP contribution in [0.4, 0.5) is 0 Å². The molecule has 19 heavy (non-hydrogen) atoms. The molecule has 1 rings (SSSR count). The third-order valence-corrected chi connectivity index (χ3v) is 3.11. The number of nitrogens with zero attached hydrogens (tertiary/aromatic N) is 2. The second kappa shape index (κ2) is 14.3. The number of hydrogen-bond acceptors (Lipinski definition) is 2. The normalized spacial score (nSPS) is 8.58. The van der Waals surface area contributed by atoms with Gasteiger partial charge in [-0.15, -0.1) is 0 Å². The first-order valence-corrected chi connectivity index (χ1v) is 6.94. The summed E-state index contributed by atoms with van der Waals surface area (Å²) in [6.45, 7) is 13.8. The molecule has 0 aliphatic rings. The average molecular weight is 258 g/mol. The van der Waals surface area contributed by atoms with Gasteiger partial charge in [-0.2, -0.15) is 0 Å². The summed E-state index contributed by atoms with van der Waals surface area (Å²) in [5.74, 6) is 0. The highest BCUT2D eigenvalue weighted by atomic mass is 14.2. The van der Waals surface area contributed by atoms with Gasteiger partial charge in [0.2, 0.25) is 0 Å². The van der Waals surface area contributed by atoms with E-state index in [4.69, 9.17) is 10.5 Å². The fraction of sp³-hybridized carbons (Fsp3) is 0.529. The Morgan fingerprint density at radius 3 is 1.95 bits per heavy atom. The molecule has 0 amide bonds. The Labute approximate surface area is 118 Å². The van der Waals surface area contributed by atoms with Gasteiger partial charge in [-0.3, -0.25) is 0 Å². The summed E-state index contributed by atoms with van der Waals surface area (Å²) in [5.41, 5.74) is 4.62. The Balaban J connectivity index is 0. The van der Waals surface area contributed by atoms with E-state index in [0.29, 0.717) is 0 Å². The molecule has 0 unspecified atom stereocenters. The quantitative estimate of drug-likeness (QED) is 0.686. The van der Waals surface area contributed by atoms with Crippen LogP contribution in [-0.4, -0.2) is 0 Å². The molecule has 0 saturated heterocycles. The number of hydrogen-bond donors (Lipinski definition) is 0. The van der Waals surface area contributed by atoms with Gasteiger partial charge in [0.05, 0.1) is 0 Å². The van der Waals surface area contributed by atoms with Crippen molar-refractivity contribution >= 4 is 0 Å². The van der Waals surface area contributed by atoms with Crippen LogP contribution in [0.3, 0.4) is 0 Å². The first-order chi connectivity index (χ1) is 9.31. The zero-order valence-corrected chi connectivity index (χ0v) is 12.5. The Bertz CT molecular complexity index is 358. The van der Waals surface area contributed by atoms with Crippen molar-refractivity contribution in [1.29, 1.82) is 10.5 Å². The Kier molecular flexibility index (Phi) is 14.7. The summed E-state index contributed by atoms with van der Waals surface area (Å²) in [4.78, 5) is 0. The van der Waals surface area contributed by atoms with E-state index in [9.17, 15) is 0 Å². The van der Waals surface area contributed by atoms with Gasteiger partial charge in [-0.05, 0) is 42.4 Å². The molecule has 0 aromatic heterocycles. The van der Waals surface area contributed by atoms with Crippen LogP contribution in [0.25, 0.3) is 0 Å². The van der Waals surface area contributed by atoms with E-state index in [0.717, 1.165) is 6.42 Å². The standard InChI is InChI=1S/C15H24.2CHN/c1-4-7-8-9-15-12-13(5-2)10-11-14(15)6-3;2*1-2/h10-12H,4-9H2,1-3H3;2*1H. The Morgan fingerprint density at radius 2 is 1.47 bits per heavy atom. The summed E-state index contributed by atoms with van der Waals surface area (Å²) in [7, 11) is 0. The maximum atomic E-state index is 6.50. The van der Waals surface area contributed by atoms with E-state index >= 15 is 0 Å². The van der Waals surface area contributed by atoms with Crippen LogP contribution >= 0.6 is 0 Å². The monoisotopic (exact) mass is 258 g/mol. The van der Waals surface area contributed by atoms with E-state index in [1.54, 1.807) is 11.1 Å². The molecule has 104 valence electrons. The molecular formula is C17H26N2. The van der Waals surface area contributed by atoms with Gasteiger partial charge in [0.25, 0.3) is 0 Å². The highest BCUT2D eigenvalue weighted by Crippen LogP contribution is 2.16. The largest absolute Gasteiger partial charge is 0.202 e. The van der Waals surface area contributed by atoms with Gasteiger partial charge >= 0.3 is 0 Å². The van der Waals surface area contributed by atoms with Crippen LogP contribution in [0.5, 0.6) is 0 Å². The number of unbranched alkanes of at least 4 members (excludes halogenated alkanes) is 2. The van der Waals surface area contributed by atoms with Crippen molar-refractivity contribution in [2.75, 3.05) is 0 Å². The molecular weight excluding hydrogens is 232 g/mol. The van der Waals surface area contributed by atoms with Gasteiger partial charge in [0.1, 0.15) is 0 Å². The van der Waals surface area contributed by atoms with E-state index in [-0.39, 0.29) is 0 Å². The van der Waals surface area contributed by atoms with Crippen molar-refractivity contribution in [2.45, 2.75) is 59.3 Å². The van der Waals surface area contributed by atoms with Crippen LogP contribution in [0, 0.1) is 23.7 Å². The molecule has 0 bridgehead atoms. The van der Waals surface area contributed by atoms with Crippen LogP contribution in [-0.2, 0) is 19.3 Å². The van der Waals surface area contributed by atoms with Crippen molar-refractivity contribution < 1.29 is 0 Å². The third kappa shape index (κ3) is 8.01. The van der Waals surface area contributed by atoms with Gasteiger partial charge in [0.15, 0.2) is 0 Å². The molecule has 0 N–H and O–H groups in total. The average Bonchev–Trinajstić information content (AvgIpc) is 2.51. The Hall–Kier alpha value is -1.80. The molecule has 0 aliphatic heterocycles. The van der Waals surface area contributed by atoms with E-state index in [1.165, 1.54) is 37.7 Å². The molecule has 0 saturated carbocycles. The second-order valence-electron chi connectivity index (χ2n) is 4.27. The van der Waals surface area contributed by atoms with Crippen LogP contribution in [0.2, 0.25) is 0 Å². The molecule has 0 heterocycles. The van der Waals surface area contributed by atoms with E-state index < -0.39 is 0 Å². The summed E-state index contributed by atoms with van der Waals surface area (Å²) in [6, 6.07) is 7.01. The predicted octanol–water partition coefficient (Wildman–Crippen LogP) is 4.82. The maximum absolute atomic E-state index is 6.50. The lowest BCUT2D eigenvalue weighted by Gasteiger charge is -2.09. The molecule has 0 atom stereocenters. The molecule has 0 fully saturated rings. The smallest absolute Gasteiger partial charge is 0.0462 e. The summed E-state index contributed by atoms with van der Waals surface area (Å²) in [6.07, 6.45) is 7.62. The molecule has 1 aromatic rings. The molecule has 1 aromatic carbocycles. The van der Waals surface area contributed by atoms with Gasteiger partial charge in [-0.1, -0.05) is 51.8 Å². The highest BCUT2D eigenvalue weighted by Gasteiger charge is 2.01. The maximum Gasteiger partial charge on any atom is 0.0462 e. The Morgan fingerprint density at radius 1 is 0.842 bits per heavy atom. The number of aryl methyl sites for hydroxylation is 3. The van der Waals surface area contributed by atoms with Crippen LogP contribution in [0.15, 0.2) is 18.2 Å². The molecule has 2 nitrogen and oxygen atoms in total. The SMILES string of the molecule is C#N.C#N.CCCCCc1cc(CC)ccc1CC. The minimum Gasteiger partial charge on any atom is -0.202 e. The molecule has 0 spiro atoms. The topological polar surface area (TPSA) is 47.6 Å². The lowest BCUT2D eigenvalue weighted by Crippen LogP contribution is -1.95. The second-order valence-corrected chi connectivity index (χ2v) is 4.27. The van der Waals surface area contributed by atoms with E-state index in [2.05, 4.69) is 52.1 Å². The highest BCUT2D eigenvalue weighted by molar-refractivity contribution is 5.32. The minimum absolute atomic E-state index is 1.16. The van der Waals surface area contributed by atoms with Crippen LogP contribution < -0.4 is 0 Å². The predicted molar refractivity (Wildman–Crippen MR) is 81.8 cm³/mol. The molecule has 0 aliphatic carbocycles. The fourth-order valence-electron chi connectivity index (χ4n) is 2.04. The first kappa shape index (κ1) is 19.5. The number of benzene rings is 1. The summed E-state index contributed by atoms with van der Waals surface area (Å²) < 4.78 is 0. The fourth-order valence-corrected chi connectivity index (χ4v) is 2.04. The number of rotatable bonds is 6. The lowest BCUT2D eigenvalue weighted by molar-refractivity contribution is 0.713. The summed E-state index contributed by atoms with van der Waals surface area (Å²) in [5, 5.41) is 13.0. The third-order valence-electron chi connectivity index (χ3n) is 3.11. The van der Waals surface area contributed by atoms with Crippen molar-refractivity contribution in [2.24, 2.45) is 0 Å². The van der Waals surface area contributed by atoms with E-state index in [1.807, 2.05) is 0 Å². The molecule has 2 heteroatoms. The lowest BCUT2D eigenvalue weighted by atomic mass is 9.96. The zero-order chi connectivity index (χ0) is 15.1. The van der Waals surface area contributed by atoms with Crippen molar-refractivity contribution in [3.8, 4) is 13.1 Å². The summed E-state index contributed by atoms with van der Waals surface area (Å²) >= 11 is 0. The molecule has 0 radical (unpaired) electrons. The first-order valence-electron chi connectivity index (χ1n) is 6.94. The van der Waals surface area contributed by atoms with Crippen LogP contribution in [0.1, 0.15) is 56.7 Å². The van der Waals surface area contributed by atoms with Gasteiger partial charge in [0, 0.05) is 13.1 Å². The van der Waals surface area contributed by atoms with Gasteiger partial charge in [-0.25, -0.2) is 10.5 Å². The minimum atomic E-state index is 1.16. The van der Waals surface area contributed by atoms with Crippen molar-refractivity contribution in [1.82, 2.24) is 0 Å².